The number of amides is 4. The molecular formula is C71H91F3N10O8Si. The van der Waals surface area contributed by atoms with Crippen LogP contribution >= 0.6 is 0 Å². The number of benzene rings is 3. The molecule has 18 nitrogen and oxygen atoms in total. The molecule has 1 spiro atoms. The molecule has 12 rings (SSSR count). The van der Waals surface area contributed by atoms with Gasteiger partial charge in [0.05, 0.1) is 35.3 Å². The van der Waals surface area contributed by atoms with Gasteiger partial charge in [0.25, 0.3) is 5.91 Å². The number of aromatic nitrogens is 3. The fraction of sp³-hybridized carbons (Fsp3) is 0.592. The molecule has 22 heteroatoms. The largest absolute Gasteiger partial charge is 0.468 e. The van der Waals surface area contributed by atoms with Crippen molar-refractivity contribution in [3.63, 3.8) is 0 Å². The highest BCUT2D eigenvalue weighted by Gasteiger charge is 2.47. The van der Waals surface area contributed by atoms with E-state index in [2.05, 4.69) is 77.9 Å². The van der Waals surface area contributed by atoms with Crippen LogP contribution in [0.4, 0.5) is 29.5 Å². The van der Waals surface area contributed by atoms with Crippen LogP contribution in [-0.2, 0) is 25.6 Å². The number of piperidine rings is 4. The second kappa shape index (κ2) is 26.6. The summed E-state index contributed by atoms with van der Waals surface area (Å²) in [6.07, 6.45) is 9.48. The zero-order chi connectivity index (χ0) is 65.8. The second-order valence-electron chi connectivity index (χ2n) is 29.1. The Labute approximate surface area is 545 Å². The van der Waals surface area contributed by atoms with Gasteiger partial charge in [-0.25, -0.2) is 18.0 Å². The molecule has 2 bridgehead atoms. The highest BCUT2D eigenvalue weighted by molar-refractivity contribution is 6.90. The SMILES string of the molecule is COCOc1cc(-c2ncc3c(N4CC5CCC(C4)N5C(=O)OC(C)(C)C)nc(OCCN4CCC5(CC4)CCN(CC4CCN(c6ccc7c(c6F)CN(C6CCC(=O)NC6=O)C7=O)CC4)CC5)nc3c2F)c2c(C#C[Si](C(C)C)(C(C)C)C(C)C)c(F)ccc2c1. The lowest BCUT2D eigenvalue weighted by Gasteiger charge is -2.47. The molecule has 93 heavy (non-hydrogen) atoms. The number of methoxy groups -OCH3 is 1. The van der Waals surface area contributed by atoms with Gasteiger partial charge in [-0.15, -0.1) is 5.54 Å². The maximum Gasteiger partial charge on any atom is 0.410 e. The van der Waals surface area contributed by atoms with Crippen molar-refractivity contribution in [3.05, 3.63) is 76.7 Å². The first-order valence-electron chi connectivity index (χ1n) is 33.8. The summed E-state index contributed by atoms with van der Waals surface area (Å²) < 4.78 is 74.7. The quantitative estimate of drug-likeness (QED) is 0.0427. The third kappa shape index (κ3) is 13.1. The highest BCUT2D eigenvalue weighted by atomic mass is 28.3. The maximum absolute atomic E-state index is 18.2. The van der Waals surface area contributed by atoms with Crippen molar-refractivity contribution in [3.8, 4) is 34.5 Å². The summed E-state index contributed by atoms with van der Waals surface area (Å²) in [4.78, 5) is 78.6. The van der Waals surface area contributed by atoms with Crippen molar-refractivity contribution < 1.29 is 51.3 Å². The Morgan fingerprint density at radius 1 is 0.796 bits per heavy atom. The lowest BCUT2D eigenvalue weighted by molar-refractivity contribution is -0.136. The van der Waals surface area contributed by atoms with E-state index < -0.39 is 43.1 Å². The number of hydrogen-bond acceptors (Lipinski definition) is 15. The van der Waals surface area contributed by atoms with Gasteiger partial charge in [0.15, 0.2) is 18.4 Å². The minimum absolute atomic E-state index is 0.00214. The van der Waals surface area contributed by atoms with E-state index in [1.54, 1.807) is 36.5 Å². The van der Waals surface area contributed by atoms with Crippen LogP contribution in [0.25, 0.3) is 32.9 Å². The van der Waals surface area contributed by atoms with Crippen LogP contribution in [0.15, 0.2) is 42.6 Å². The Hall–Kier alpha value is -7.06. The molecule has 1 N–H and O–H groups in total. The first kappa shape index (κ1) is 66.0. The first-order valence-corrected chi connectivity index (χ1v) is 36.0. The average Bonchev–Trinajstić information content (AvgIpc) is 1.64. The molecule has 3 atom stereocenters. The zero-order valence-electron chi connectivity index (χ0n) is 55.8. The van der Waals surface area contributed by atoms with Crippen LogP contribution in [-0.4, -0.2) is 176 Å². The lowest BCUT2D eigenvalue weighted by Crippen LogP contribution is -2.57. The van der Waals surface area contributed by atoms with Crippen molar-refractivity contribution in [2.45, 2.75) is 173 Å². The molecule has 9 heterocycles. The maximum atomic E-state index is 18.2. The lowest BCUT2D eigenvalue weighted by atomic mass is 9.71. The minimum atomic E-state index is -2.36. The number of nitrogens with zero attached hydrogens (tertiary/aromatic N) is 9. The van der Waals surface area contributed by atoms with Gasteiger partial charge in [-0.2, -0.15) is 9.97 Å². The topological polar surface area (TPSA) is 175 Å². The molecule has 7 aliphatic heterocycles. The van der Waals surface area contributed by atoms with E-state index in [0.717, 1.165) is 97.2 Å². The summed E-state index contributed by atoms with van der Waals surface area (Å²) in [5.74, 6) is 1.81. The number of likely N-dealkylation sites (tertiary alicyclic amines) is 2. The van der Waals surface area contributed by atoms with Gasteiger partial charge in [0, 0.05) is 81.1 Å². The van der Waals surface area contributed by atoms with Crippen molar-refractivity contribution in [1.82, 2.24) is 39.9 Å². The number of fused-ring (bicyclic) bond motifs is 5. The Kier molecular flexibility index (Phi) is 18.9. The van der Waals surface area contributed by atoms with Gasteiger partial charge < -0.3 is 38.5 Å². The van der Waals surface area contributed by atoms with E-state index in [-0.39, 0.29) is 113 Å². The third-order valence-corrected chi connectivity index (χ3v) is 27.8. The number of pyridine rings is 1. The molecule has 7 aliphatic rings. The van der Waals surface area contributed by atoms with Gasteiger partial charge in [-0.05, 0) is 168 Å². The Balaban J connectivity index is 0.730. The molecular weight excluding hydrogens is 1210 g/mol. The van der Waals surface area contributed by atoms with E-state index in [4.69, 9.17) is 33.9 Å². The molecule has 6 fully saturated rings. The molecule has 4 amide bonds. The number of ether oxygens (including phenoxy) is 4. The van der Waals surface area contributed by atoms with Crippen LogP contribution in [0, 0.1) is 40.2 Å². The normalized spacial score (nSPS) is 21.6. The smallest absolute Gasteiger partial charge is 0.410 e. The summed E-state index contributed by atoms with van der Waals surface area (Å²) in [6, 6.07) is 8.81. The molecule has 5 aromatic rings. The molecule has 0 saturated carbocycles. The molecule has 498 valence electrons. The van der Waals surface area contributed by atoms with Gasteiger partial charge in [-0.3, -0.25) is 34.5 Å². The predicted octanol–water partition coefficient (Wildman–Crippen LogP) is 11.6. The molecule has 0 aliphatic carbocycles. The fourth-order valence-corrected chi connectivity index (χ4v) is 21.7. The number of halogens is 3. The van der Waals surface area contributed by atoms with Gasteiger partial charge in [-0.1, -0.05) is 53.5 Å². The summed E-state index contributed by atoms with van der Waals surface area (Å²) in [5, 5.41) is 3.71. The Morgan fingerprint density at radius 3 is 2.12 bits per heavy atom. The number of carbonyl (C=O) groups excluding carboxylic acids is 4. The highest BCUT2D eigenvalue weighted by Crippen LogP contribution is 2.46. The number of anilines is 2. The van der Waals surface area contributed by atoms with Gasteiger partial charge >= 0.3 is 12.1 Å². The number of imide groups is 1. The van der Waals surface area contributed by atoms with Crippen molar-refractivity contribution in [1.29, 1.82) is 0 Å². The van der Waals surface area contributed by atoms with E-state index in [1.807, 2.05) is 25.7 Å². The second-order valence-corrected chi connectivity index (χ2v) is 34.7. The monoisotopic (exact) mass is 1300 g/mol. The number of hydrogen-bond donors (Lipinski definition) is 1. The third-order valence-electron chi connectivity index (χ3n) is 21.5. The molecule has 3 unspecified atom stereocenters. The number of carbonyl (C=O) groups is 4. The minimum Gasteiger partial charge on any atom is -0.468 e. The van der Waals surface area contributed by atoms with Crippen molar-refractivity contribution >= 4 is 65.1 Å². The van der Waals surface area contributed by atoms with E-state index in [1.165, 1.54) is 18.1 Å². The molecule has 3 aromatic carbocycles. The van der Waals surface area contributed by atoms with Crippen LogP contribution in [0.1, 0.15) is 148 Å². The zero-order valence-corrected chi connectivity index (χ0v) is 56.8. The van der Waals surface area contributed by atoms with Crippen LogP contribution < -0.4 is 24.6 Å². The average molecular weight is 1300 g/mol. The number of piperazine rings is 1. The van der Waals surface area contributed by atoms with E-state index >= 15 is 13.2 Å². The standard InChI is InChI=1S/C71H91F3N10O8Si/c1-43(2)93(44(3)4,45(5)6)34-21-52-56(72)15-11-47-35-50(91-42-89-10)36-53(60(47)52)63-62(74)64-54(37-75-63)65(82-39-48-12-13-49(40-82)84(48)69(88)92-70(7,8)9)78-68(77-64)90-33-32-79-28-22-71(23-29-79)24-30-80(31-25-71)38-46-19-26-81(27-20-46)57-16-14-51-55(61(57)73)41-83(67(51)87)58-17-18-59(85)76-66(58)86/h11,14-16,35-37,43-46,48-49,58H,12-13,17-20,22-33,38-42H2,1-10H3,(H,76,85,86). The van der Waals surface area contributed by atoms with Crippen LogP contribution in [0.2, 0.25) is 16.6 Å². The Bertz CT molecular complexity index is 3720. The van der Waals surface area contributed by atoms with E-state index in [9.17, 15) is 19.2 Å². The predicted molar refractivity (Wildman–Crippen MR) is 354 cm³/mol. The van der Waals surface area contributed by atoms with Gasteiger partial charge in [0.2, 0.25) is 11.8 Å². The fourth-order valence-electron chi connectivity index (χ4n) is 16.5. The van der Waals surface area contributed by atoms with Crippen molar-refractivity contribution in [2.75, 3.05) is 95.8 Å². The summed E-state index contributed by atoms with van der Waals surface area (Å²) in [6.45, 7) is 26.9. The molecule has 6 saturated heterocycles. The Morgan fingerprint density at radius 2 is 1.47 bits per heavy atom. The van der Waals surface area contributed by atoms with E-state index in [0.29, 0.717) is 70.1 Å². The number of nitrogens with one attached hydrogen (secondary N) is 1. The summed E-state index contributed by atoms with van der Waals surface area (Å²) in [7, 11) is -0.841. The van der Waals surface area contributed by atoms with Crippen LogP contribution in [0.5, 0.6) is 11.8 Å². The first-order chi connectivity index (χ1) is 44.4. The molecule has 0 radical (unpaired) electrons. The summed E-state index contributed by atoms with van der Waals surface area (Å²) >= 11 is 0. The van der Waals surface area contributed by atoms with Gasteiger partial charge in [0.1, 0.15) is 54.9 Å². The van der Waals surface area contributed by atoms with Crippen molar-refractivity contribution in [2.24, 2.45) is 11.3 Å². The number of rotatable bonds is 16. The van der Waals surface area contributed by atoms with Crippen LogP contribution in [0.3, 0.4) is 0 Å². The molecule has 2 aromatic heterocycles. The summed E-state index contributed by atoms with van der Waals surface area (Å²) in [5.41, 5.74) is 5.68.